The predicted molar refractivity (Wildman–Crippen MR) is 215 cm³/mol. The van der Waals surface area contributed by atoms with E-state index < -0.39 is 36.3 Å². The maximum absolute atomic E-state index is 11.5. The van der Waals surface area contributed by atoms with Crippen LogP contribution in [0, 0.1) is 5.92 Å². The lowest BCUT2D eigenvalue weighted by Gasteiger charge is -2.16. The molecule has 0 aromatic heterocycles. The van der Waals surface area contributed by atoms with Crippen molar-refractivity contribution in [1.29, 1.82) is 0 Å². The Labute approximate surface area is 341 Å². The van der Waals surface area contributed by atoms with Gasteiger partial charge in [-0.25, -0.2) is 28.8 Å². The van der Waals surface area contributed by atoms with E-state index in [4.69, 9.17) is 28.4 Å². The molecule has 0 saturated carbocycles. The van der Waals surface area contributed by atoms with Crippen molar-refractivity contribution in [1.82, 2.24) is 36.8 Å². The Morgan fingerprint density at radius 3 is 1.26 bits per heavy atom. The minimum Gasteiger partial charge on any atom is -0.460 e. The van der Waals surface area contributed by atoms with Crippen molar-refractivity contribution in [3.63, 3.8) is 0 Å². The van der Waals surface area contributed by atoms with Crippen LogP contribution in [0.25, 0.3) is 0 Å². The summed E-state index contributed by atoms with van der Waals surface area (Å²) in [6, 6.07) is 0. The van der Waals surface area contributed by atoms with Crippen molar-refractivity contribution in [3.05, 3.63) is 61.9 Å². The molecule has 1 unspecified atom stereocenters. The first-order valence-corrected chi connectivity index (χ1v) is 18.4. The fourth-order valence-electron chi connectivity index (χ4n) is 3.48. The highest BCUT2D eigenvalue weighted by Crippen LogP contribution is 2.07. The summed E-state index contributed by atoms with van der Waals surface area (Å²) in [5, 5.41) is 15.5. The summed E-state index contributed by atoms with van der Waals surface area (Å²) in [6.07, 6.45) is 1.80. The van der Waals surface area contributed by atoms with E-state index in [2.05, 4.69) is 64.8 Å². The molecule has 5 amide bonds. The molecule has 20 nitrogen and oxygen atoms in total. The van der Waals surface area contributed by atoms with Gasteiger partial charge in [-0.15, -0.1) is 0 Å². The number of allylic oxidation sites excluding steroid dienone is 1. The van der Waals surface area contributed by atoms with Crippen LogP contribution in [-0.4, -0.2) is 146 Å². The number of carbonyl (C=O) groups is 7. The highest BCUT2D eigenvalue weighted by Gasteiger charge is 2.10. The van der Waals surface area contributed by atoms with Crippen LogP contribution in [0.4, 0.5) is 19.2 Å². The van der Waals surface area contributed by atoms with Crippen LogP contribution in [-0.2, 0) is 42.8 Å². The molecule has 58 heavy (non-hydrogen) atoms. The molecule has 0 aromatic carbocycles. The van der Waals surface area contributed by atoms with Gasteiger partial charge in [-0.2, -0.15) is 0 Å². The largest absolute Gasteiger partial charge is 0.460 e. The van der Waals surface area contributed by atoms with Gasteiger partial charge in [0.15, 0.2) is 0 Å². The number of ether oxygens (including phenoxy) is 6. The van der Waals surface area contributed by atoms with Crippen molar-refractivity contribution in [2.24, 2.45) is 5.92 Å². The van der Waals surface area contributed by atoms with E-state index in [1.165, 1.54) is 13.8 Å². The van der Waals surface area contributed by atoms with Crippen molar-refractivity contribution < 1.29 is 62.0 Å². The molecular formula is C38H63N7O13. The Hall–Kier alpha value is -6.05. The Kier molecular flexibility index (Phi) is 33.0. The van der Waals surface area contributed by atoms with Gasteiger partial charge in [0.2, 0.25) is 5.91 Å². The van der Waals surface area contributed by atoms with Crippen LogP contribution in [0.5, 0.6) is 0 Å². The average molecular weight is 826 g/mol. The van der Waals surface area contributed by atoms with Gasteiger partial charge < -0.3 is 60.3 Å². The van der Waals surface area contributed by atoms with Crippen LogP contribution in [0.3, 0.4) is 0 Å². The van der Waals surface area contributed by atoms with Crippen molar-refractivity contribution in [3.8, 4) is 0 Å². The number of hydrogen-bond donors (Lipinski definition) is 6. The highest BCUT2D eigenvalue weighted by molar-refractivity contribution is 5.87. The molecule has 0 rings (SSSR count). The number of carbonyl (C=O) groups excluding carboxylic acids is 7. The van der Waals surface area contributed by atoms with Gasteiger partial charge in [0.1, 0.15) is 26.4 Å². The van der Waals surface area contributed by atoms with Crippen LogP contribution < -0.4 is 31.9 Å². The standard InChI is InChI=1S/C19H32N4O5.C19H31N3O8/c1-5-16(4)20-9-11-22-18(25)27-13-7-15(3)8-14-28-19(26)23-12-10-21-17(24)6-2;1-14(2)16(23)27-10-6-20-18(25)29-12-8-22(5)9-13-30-19(26)21-7-11-28-17(24)15(3)4/h5-6,15,20H,1-2,4,7-14H2,3H3,(H,21,24)(H,22,25)(H,23,26);1,3,6-13H2,2,4-5H3,(H,20,25)(H,21,26). The molecule has 0 aliphatic rings. The van der Waals surface area contributed by atoms with E-state index >= 15 is 0 Å². The van der Waals surface area contributed by atoms with E-state index in [0.29, 0.717) is 51.3 Å². The summed E-state index contributed by atoms with van der Waals surface area (Å²) in [5.74, 6) is -1.11. The van der Waals surface area contributed by atoms with Crippen molar-refractivity contribution >= 4 is 42.2 Å². The predicted octanol–water partition coefficient (Wildman–Crippen LogP) is 2.06. The number of nitrogens with one attached hydrogen (secondary N) is 6. The van der Waals surface area contributed by atoms with Gasteiger partial charge in [0.05, 0.1) is 26.3 Å². The molecule has 0 radical (unpaired) electrons. The number of likely N-dealkylation sites (N-methyl/N-ethyl adjacent to an activating group) is 1. The van der Waals surface area contributed by atoms with Gasteiger partial charge in [-0.3, -0.25) is 9.69 Å². The molecule has 0 bridgehead atoms. The molecule has 20 heteroatoms. The van der Waals surface area contributed by atoms with Crippen LogP contribution in [0.15, 0.2) is 61.9 Å². The quantitative estimate of drug-likeness (QED) is 0.0208. The first kappa shape index (κ1) is 54.1. The minimum absolute atomic E-state index is 0.0242. The van der Waals surface area contributed by atoms with E-state index in [9.17, 15) is 33.6 Å². The summed E-state index contributed by atoms with van der Waals surface area (Å²) in [6.45, 7) is 26.0. The normalized spacial score (nSPS) is 10.4. The molecule has 6 N–H and O–H groups in total. The second-order valence-electron chi connectivity index (χ2n) is 12.2. The third-order valence-corrected chi connectivity index (χ3v) is 6.88. The summed E-state index contributed by atoms with van der Waals surface area (Å²) in [5.41, 5.74) is 1.26. The summed E-state index contributed by atoms with van der Waals surface area (Å²) in [7, 11) is 1.77. The molecule has 328 valence electrons. The molecule has 0 aliphatic heterocycles. The van der Waals surface area contributed by atoms with Gasteiger partial charge in [0.25, 0.3) is 0 Å². The fraction of sp³-hybridized carbons (Fsp3) is 0.553. The van der Waals surface area contributed by atoms with E-state index in [-0.39, 0.29) is 82.2 Å². The zero-order valence-electron chi connectivity index (χ0n) is 34.3. The lowest BCUT2D eigenvalue weighted by Crippen LogP contribution is -2.34. The lowest BCUT2D eigenvalue weighted by molar-refractivity contribution is -0.139. The molecule has 0 aliphatic carbocycles. The highest BCUT2D eigenvalue weighted by atomic mass is 16.6. The Bertz CT molecular complexity index is 1260. The van der Waals surface area contributed by atoms with Crippen LogP contribution >= 0.6 is 0 Å². The van der Waals surface area contributed by atoms with Gasteiger partial charge in [-0.05, 0) is 51.8 Å². The van der Waals surface area contributed by atoms with Crippen molar-refractivity contribution in [2.45, 2.75) is 33.6 Å². The second-order valence-corrected chi connectivity index (χ2v) is 12.2. The minimum atomic E-state index is -0.627. The number of rotatable bonds is 29. The maximum Gasteiger partial charge on any atom is 0.407 e. The van der Waals surface area contributed by atoms with E-state index in [1.807, 2.05) is 11.8 Å². The monoisotopic (exact) mass is 825 g/mol. The zero-order chi connectivity index (χ0) is 44.1. The van der Waals surface area contributed by atoms with Gasteiger partial charge in [-0.1, -0.05) is 39.8 Å². The van der Waals surface area contributed by atoms with Gasteiger partial charge >= 0.3 is 36.3 Å². The molecular weight excluding hydrogens is 762 g/mol. The Balaban J connectivity index is 0. The number of esters is 2. The summed E-state index contributed by atoms with van der Waals surface area (Å²) in [4.78, 5) is 81.0. The van der Waals surface area contributed by atoms with Gasteiger partial charge in [0, 0.05) is 56.1 Å². The van der Waals surface area contributed by atoms with E-state index in [1.54, 1.807) is 13.1 Å². The van der Waals surface area contributed by atoms with Crippen LogP contribution in [0.2, 0.25) is 0 Å². The summed E-state index contributed by atoms with van der Waals surface area (Å²) < 4.78 is 29.7. The molecule has 0 heterocycles. The molecule has 0 saturated heterocycles. The Morgan fingerprint density at radius 1 is 0.517 bits per heavy atom. The third-order valence-electron chi connectivity index (χ3n) is 6.88. The lowest BCUT2D eigenvalue weighted by atomic mass is 10.1. The van der Waals surface area contributed by atoms with Crippen molar-refractivity contribution in [2.75, 3.05) is 99.0 Å². The molecule has 0 spiro atoms. The second kappa shape index (κ2) is 35.4. The first-order chi connectivity index (χ1) is 27.5. The number of alkyl carbamates (subject to hydrolysis) is 4. The van der Waals surface area contributed by atoms with Crippen LogP contribution in [0.1, 0.15) is 33.6 Å². The number of nitrogens with zero attached hydrogens (tertiary/aromatic N) is 1. The maximum atomic E-state index is 11.5. The summed E-state index contributed by atoms with van der Waals surface area (Å²) >= 11 is 0. The first-order valence-electron chi connectivity index (χ1n) is 18.4. The topological polar surface area (TPSA) is 250 Å². The third kappa shape index (κ3) is 35.6. The number of amides is 5. The molecule has 0 aromatic rings. The SMILES string of the molecule is C=C(C)C(=O)OCCNC(=O)OCCN(C)CCOC(=O)NCCOC(=O)C(=C)C.C=CC(=C)NCCNC(=O)OCCC(C)CCOC(=O)NCCNC(=O)C=C. The smallest absolute Gasteiger partial charge is 0.407 e. The average Bonchev–Trinajstić information content (AvgIpc) is 3.18. The zero-order valence-corrected chi connectivity index (χ0v) is 34.3. The number of hydrogen-bond acceptors (Lipinski definition) is 15. The van der Waals surface area contributed by atoms with E-state index in [0.717, 1.165) is 6.08 Å². The Morgan fingerprint density at radius 2 is 0.879 bits per heavy atom. The molecule has 0 fully saturated rings. The fourth-order valence-corrected chi connectivity index (χ4v) is 3.48. The molecule has 1 atom stereocenters.